The zero-order valence-electron chi connectivity index (χ0n) is 10.5. The highest BCUT2D eigenvalue weighted by molar-refractivity contribution is 5.39. The van der Waals surface area contributed by atoms with Gasteiger partial charge in [-0.25, -0.2) is 9.97 Å². The van der Waals surface area contributed by atoms with Crippen molar-refractivity contribution in [1.82, 2.24) is 9.97 Å². The molecule has 1 aliphatic rings. The highest BCUT2D eigenvalue weighted by Crippen LogP contribution is 2.31. The standard InChI is InChI=1S/C14H16N4O/c15-6-11-7-17-14(18-13(11)16)10-5-9-3-1-2-4-12(9)19-8-10/h1-4,7,10H,5-6,8,15H2,(H2,16,17,18). The van der Waals surface area contributed by atoms with Crippen LogP contribution in [-0.4, -0.2) is 16.6 Å². The Kier molecular flexibility index (Phi) is 3.05. The molecule has 0 saturated heterocycles. The van der Waals surface area contributed by atoms with Gasteiger partial charge in [0.15, 0.2) is 0 Å². The van der Waals surface area contributed by atoms with E-state index in [9.17, 15) is 0 Å². The number of nitrogen functional groups attached to an aromatic ring is 1. The summed E-state index contributed by atoms with van der Waals surface area (Å²) in [6, 6.07) is 8.04. The summed E-state index contributed by atoms with van der Waals surface area (Å²) in [6.07, 6.45) is 2.58. The van der Waals surface area contributed by atoms with Gasteiger partial charge in [0.05, 0.1) is 12.5 Å². The fourth-order valence-electron chi connectivity index (χ4n) is 2.28. The van der Waals surface area contributed by atoms with Gasteiger partial charge in [-0.3, -0.25) is 0 Å². The Morgan fingerprint density at radius 3 is 2.95 bits per heavy atom. The van der Waals surface area contributed by atoms with Gasteiger partial charge in [0.25, 0.3) is 0 Å². The van der Waals surface area contributed by atoms with E-state index in [-0.39, 0.29) is 5.92 Å². The number of benzene rings is 1. The van der Waals surface area contributed by atoms with Crippen LogP contribution in [0, 0.1) is 0 Å². The number of para-hydroxylation sites is 1. The molecule has 2 aromatic rings. The fraction of sp³-hybridized carbons (Fsp3) is 0.286. The van der Waals surface area contributed by atoms with E-state index in [1.54, 1.807) is 6.20 Å². The summed E-state index contributed by atoms with van der Waals surface area (Å²) in [5.74, 6) is 2.28. The largest absolute Gasteiger partial charge is 0.493 e. The highest BCUT2D eigenvalue weighted by atomic mass is 16.5. The van der Waals surface area contributed by atoms with Crippen molar-refractivity contribution in [2.75, 3.05) is 12.3 Å². The van der Waals surface area contributed by atoms with Gasteiger partial charge in [0.2, 0.25) is 0 Å². The minimum absolute atomic E-state index is 0.143. The Hall–Kier alpha value is -2.14. The maximum absolute atomic E-state index is 5.86. The van der Waals surface area contributed by atoms with Crippen molar-refractivity contribution in [1.29, 1.82) is 0 Å². The van der Waals surface area contributed by atoms with E-state index in [2.05, 4.69) is 16.0 Å². The lowest BCUT2D eigenvalue weighted by molar-refractivity contribution is 0.258. The Labute approximate surface area is 111 Å². The average molecular weight is 256 g/mol. The molecule has 5 nitrogen and oxygen atoms in total. The first-order chi connectivity index (χ1) is 9.28. The number of rotatable bonds is 2. The second-order valence-corrected chi connectivity index (χ2v) is 4.66. The number of aromatic nitrogens is 2. The van der Waals surface area contributed by atoms with Gasteiger partial charge in [0.1, 0.15) is 17.4 Å². The topological polar surface area (TPSA) is 87.0 Å². The minimum Gasteiger partial charge on any atom is -0.493 e. The quantitative estimate of drug-likeness (QED) is 0.844. The van der Waals surface area contributed by atoms with Crippen molar-refractivity contribution in [3.8, 4) is 5.75 Å². The second kappa shape index (κ2) is 4.85. The lowest BCUT2D eigenvalue weighted by atomic mass is 9.96. The van der Waals surface area contributed by atoms with Crippen LogP contribution in [0.5, 0.6) is 5.75 Å². The Balaban J connectivity index is 1.87. The van der Waals surface area contributed by atoms with Gasteiger partial charge in [-0.15, -0.1) is 0 Å². The molecule has 3 rings (SSSR count). The van der Waals surface area contributed by atoms with Gasteiger partial charge >= 0.3 is 0 Å². The van der Waals surface area contributed by atoms with E-state index in [1.165, 1.54) is 5.56 Å². The maximum Gasteiger partial charge on any atom is 0.137 e. The van der Waals surface area contributed by atoms with Crippen LogP contribution in [0.3, 0.4) is 0 Å². The summed E-state index contributed by atoms with van der Waals surface area (Å²) in [5, 5.41) is 0. The number of fused-ring (bicyclic) bond motifs is 1. The SMILES string of the molecule is NCc1cnc(C2COc3ccccc3C2)nc1N. The van der Waals surface area contributed by atoms with E-state index in [0.717, 1.165) is 23.6 Å². The molecule has 0 saturated carbocycles. The van der Waals surface area contributed by atoms with Crippen molar-refractivity contribution in [2.24, 2.45) is 5.73 Å². The molecule has 1 aromatic carbocycles. The van der Waals surface area contributed by atoms with E-state index < -0.39 is 0 Å². The molecule has 98 valence electrons. The third-order valence-corrected chi connectivity index (χ3v) is 3.38. The molecule has 0 spiro atoms. The van der Waals surface area contributed by atoms with Crippen molar-refractivity contribution in [3.05, 3.63) is 47.4 Å². The highest BCUT2D eigenvalue weighted by Gasteiger charge is 2.23. The molecule has 5 heteroatoms. The van der Waals surface area contributed by atoms with Crippen LogP contribution in [0.15, 0.2) is 30.5 Å². The summed E-state index contributed by atoms with van der Waals surface area (Å²) >= 11 is 0. The Morgan fingerprint density at radius 2 is 2.16 bits per heavy atom. The molecule has 0 radical (unpaired) electrons. The molecule has 1 atom stereocenters. The molecular weight excluding hydrogens is 240 g/mol. The monoisotopic (exact) mass is 256 g/mol. The van der Waals surface area contributed by atoms with Gasteiger partial charge in [-0.1, -0.05) is 18.2 Å². The smallest absolute Gasteiger partial charge is 0.137 e. The predicted octanol–water partition coefficient (Wildman–Crippen LogP) is 1.24. The predicted molar refractivity (Wildman–Crippen MR) is 72.7 cm³/mol. The summed E-state index contributed by atoms with van der Waals surface area (Å²) in [5.41, 5.74) is 13.4. The first-order valence-corrected chi connectivity index (χ1v) is 6.30. The summed E-state index contributed by atoms with van der Waals surface area (Å²) in [4.78, 5) is 8.70. The van der Waals surface area contributed by atoms with Crippen molar-refractivity contribution in [2.45, 2.75) is 18.9 Å². The van der Waals surface area contributed by atoms with Crippen molar-refractivity contribution < 1.29 is 4.74 Å². The van der Waals surface area contributed by atoms with Crippen LogP contribution < -0.4 is 16.2 Å². The Morgan fingerprint density at radius 1 is 1.32 bits per heavy atom. The fourth-order valence-corrected chi connectivity index (χ4v) is 2.28. The zero-order valence-corrected chi connectivity index (χ0v) is 10.5. The molecule has 2 heterocycles. The molecule has 1 unspecified atom stereocenters. The number of nitrogens with two attached hydrogens (primary N) is 2. The molecule has 1 aliphatic heterocycles. The summed E-state index contributed by atoms with van der Waals surface area (Å²) in [6.45, 7) is 0.939. The normalized spacial score (nSPS) is 17.6. The number of ether oxygens (including phenoxy) is 1. The van der Waals surface area contributed by atoms with Crippen LogP contribution in [-0.2, 0) is 13.0 Å². The van der Waals surface area contributed by atoms with E-state index in [4.69, 9.17) is 16.2 Å². The molecule has 4 N–H and O–H groups in total. The van der Waals surface area contributed by atoms with Crippen molar-refractivity contribution in [3.63, 3.8) is 0 Å². The van der Waals surface area contributed by atoms with Crippen LogP contribution in [0.4, 0.5) is 5.82 Å². The summed E-state index contributed by atoms with van der Waals surface area (Å²) < 4.78 is 5.74. The van der Waals surface area contributed by atoms with Gasteiger partial charge < -0.3 is 16.2 Å². The molecule has 0 amide bonds. The number of nitrogens with zero attached hydrogens (tertiary/aromatic N) is 2. The number of hydrogen-bond donors (Lipinski definition) is 2. The lowest BCUT2D eigenvalue weighted by Crippen LogP contribution is -2.22. The lowest BCUT2D eigenvalue weighted by Gasteiger charge is -2.24. The molecule has 1 aromatic heterocycles. The van der Waals surface area contributed by atoms with E-state index >= 15 is 0 Å². The molecule has 19 heavy (non-hydrogen) atoms. The first kappa shape index (κ1) is 11.9. The van der Waals surface area contributed by atoms with Gasteiger partial charge in [0, 0.05) is 18.3 Å². The average Bonchev–Trinajstić information content (AvgIpc) is 2.46. The summed E-state index contributed by atoms with van der Waals surface area (Å²) in [7, 11) is 0. The minimum atomic E-state index is 0.143. The van der Waals surface area contributed by atoms with Crippen LogP contribution >= 0.6 is 0 Å². The maximum atomic E-state index is 5.86. The molecule has 0 fully saturated rings. The van der Waals surface area contributed by atoms with Crippen molar-refractivity contribution >= 4 is 5.82 Å². The second-order valence-electron chi connectivity index (χ2n) is 4.66. The van der Waals surface area contributed by atoms with Gasteiger partial charge in [-0.2, -0.15) is 0 Å². The molecular formula is C14H16N4O. The number of hydrogen-bond acceptors (Lipinski definition) is 5. The van der Waals surface area contributed by atoms with E-state index in [1.807, 2.05) is 18.2 Å². The Bertz CT molecular complexity index is 600. The van der Waals surface area contributed by atoms with Crippen LogP contribution in [0.1, 0.15) is 22.9 Å². The van der Waals surface area contributed by atoms with Gasteiger partial charge in [-0.05, 0) is 18.1 Å². The molecule has 0 aliphatic carbocycles. The van der Waals surface area contributed by atoms with Crippen LogP contribution in [0.2, 0.25) is 0 Å². The van der Waals surface area contributed by atoms with Crippen LogP contribution in [0.25, 0.3) is 0 Å². The number of anilines is 1. The molecule has 0 bridgehead atoms. The third kappa shape index (κ3) is 2.24. The third-order valence-electron chi connectivity index (χ3n) is 3.38. The zero-order chi connectivity index (χ0) is 13.2. The first-order valence-electron chi connectivity index (χ1n) is 6.30. The van der Waals surface area contributed by atoms with E-state index in [0.29, 0.717) is 19.0 Å².